The summed E-state index contributed by atoms with van der Waals surface area (Å²) in [5, 5.41) is 28.0. The first-order chi connectivity index (χ1) is 10.4. The molecule has 5 heteroatoms. The number of ether oxygens (including phenoxy) is 1. The Morgan fingerprint density at radius 1 is 1.09 bits per heavy atom. The lowest BCUT2D eigenvalue weighted by atomic mass is 9.86. The maximum Gasteiger partial charge on any atom is 0.123 e. The lowest BCUT2D eigenvalue weighted by Gasteiger charge is -2.25. The van der Waals surface area contributed by atoms with Gasteiger partial charge in [-0.2, -0.15) is 0 Å². The third-order valence-corrected chi connectivity index (χ3v) is 3.43. The van der Waals surface area contributed by atoms with Crippen molar-refractivity contribution < 1.29 is 20.1 Å². The van der Waals surface area contributed by atoms with Crippen molar-refractivity contribution in [3.05, 3.63) is 29.8 Å². The fraction of sp³-hybridized carbons (Fsp3) is 0.647. The first-order valence-electron chi connectivity index (χ1n) is 7.73. The molecular formula is C17H29NO4. The summed E-state index contributed by atoms with van der Waals surface area (Å²) in [6.07, 6.45) is -0.675. The van der Waals surface area contributed by atoms with Gasteiger partial charge in [0.25, 0.3) is 0 Å². The van der Waals surface area contributed by atoms with Crippen molar-refractivity contribution in [1.82, 2.24) is 4.90 Å². The fourth-order valence-corrected chi connectivity index (χ4v) is 2.33. The molecule has 0 spiro atoms. The molecule has 1 atom stereocenters. The van der Waals surface area contributed by atoms with Gasteiger partial charge in [0, 0.05) is 19.6 Å². The van der Waals surface area contributed by atoms with Crippen LogP contribution in [0.15, 0.2) is 24.3 Å². The second-order valence-corrected chi connectivity index (χ2v) is 6.46. The van der Waals surface area contributed by atoms with Gasteiger partial charge in [-0.3, -0.25) is 4.90 Å². The molecule has 5 nitrogen and oxygen atoms in total. The summed E-state index contributed by atoms with van der Waals surface area (Å²) in [4.78, 5) is 1.81. The summed E-state index contributed by atoms with van der Waals surface area (Å²) < 4.78 is 5.78. The zero-order valence-corrected chi connectivity index (χ0v) is 13.8. The molecule has 0 saturated carbocycles. The van der Waals surface area contributed by atoms with Gasteiger partial charge in [-0.25, -0.2) is 0 Å². The molecule has 126 valence electrons. The van der Waals surface area contributed by atoms with Crippen LogP contribution in [0.25, 0.3) is 0 Å². The van der Waals surface area contributed by atoms with Crippen molar-refractivity contribution in [2.75, 3.05) is 39.5 Å². The fourth-order valence-electron chi connectivity index (χ4n) is 2.33. The van der Waals surface area contributed by atoms with Crippen molar-refractivity contribution in [2.45, 2.75) is 32.3 Å². The molecule has 0 amide bonds. The van der Waals surface area contributed by atoms with Crippen molar-refractivity contribution in [1.29, 1.82) is 0 Å². The Balaban J connectivity index is 2.59. The van der Waals surface area contributed by atoms with Crippen LogP contribution in [-0.2, 0) is 5.41 Å². The molecule has 22 heavy (non-hydrogen) atoms. The van der Waals surface area contributed by atoms with Crippen molar-refractivity contribution in [3.8, 4) is 5.75 Å². The molecule has 0 bridgehead atoms. The van der Waals surface area contributed by atoms with E-state index in [-0.39, 0.29) is 25.2 Å². The number of aliphatic hydroxyl groups excluding tert-OH is 3. The molecule has 0 aromatic heterocycles. The third kappa shape index (κ3) is 6.32. The normalized spacial score (nSPS) is 13.4. The summed E-state index contributed by atoms with van der Waals surface area (Å²) in [5.41, 5.74) is 1.08. The maximum absolute atomic E-state index is 10.1. The van der Waals surface area contributed by atoms with E-state index < -0.39 is 6.10 Å². The maximum atomic E-state index is 10.1. The van der Waals surface area contributed by atoms with E-state index in [4.69, 9.17) is 14.9 Å². The van der Waals surface area contributed by atoms with Crippen molar-refractivity contribution in [2.24, 2.45) is 0 Å². The zero-order chi connectivity index (χ0) is 16.6. The summed E-state index contributed by atoms with van der Waals surface area (Å²) >= 11 is 0. The van der Waals surface area contributed by atoms with Gasteiger partial charge in [0.05, 0.1) is 13.2 Å². The summed E-state index contributed by atoms with van der Waals surface area (Å²) in [7, 11) is 0. The minimum Gasteiger partial charge on any atom is -0.491 e. The molecule has 3 N–H and O–H groups in total. The Morgan fingerprint density at radius 3 is 2.23 bits per heavy atom. The quantitative estimate of drug-likeness (QED) is 0.635. The Labute approximate surface area is 133 Å². The first-order valence-corrected chi connectivity index (χ1v) is 7.73. The van der Waals surface area contributed by atoms with Crippen LogP contribution in [0.1, 0.15) is 26.3 Å². The largest absolute Gasteiger partial charge is 0.491 e. The molecule has 0 heterocycles. The molecule has 0 unspecified atom stereocenters. The molecule has 0 aliphatic carbocycles. The monoisotopic (exact) mass is 311 g/mol. The topological polar surface area (TPSA) is 73.2 Å². The number of nitrogens with zero attached hydrogens (tertiary/aromatic N) is 1. The van der Waals surface area contributed by atoms with Crippen LogP contribution in [0.4, 0.5) is 0 Å². The van der Waals surface area contributed by atoms with Crippen LogP contribution in [0.5, 0.6) is 5.75 Å². The Bertz CT molecular complexity index is 425. The predicted molar refractivity (Wildman–Crippen MR) is 87.3 cm³/mol. The molecule has 1 aromatic carbocycles. The van der Waals surface area contributed by atoms with Crippen LogP contribution in [0.2, 0.25) is 0 Å². The minimum atomic E-state index is -0.675. The van der Waals surface area contributed by atoms with Gasteiger partial charge in [0.15, 0.2) is 0 Å². The minimum absolute atomic E-state index is 0.000431. The van der Waals surface area contributed by atoms with Gasteiger partial charge in [-0.1, -0.05) is 39.0 Å². The summed E-state index contributed by atoms with van der Waals surface area (Å²) in [6, 6.07) is 7.84. The van der Waals surface area contributed by atoms with E-state index in [0.29, 0.717) is 19.6 Å². The van der Waals surface area contributed by atoms with Gasteiger partial charge in [0.1, 0.15) is 18.5 Å². The molecule has 0 aliphatic rings. The Kier molecular flexibility index (Phi) is 7.82. The highest BCUT2D eigenvalue weighted by Gasteiger charge is 2.19. The second-order valence-electron chi connectivity index (χ2n) is 6.46. The predicted octanol–water partition coefficient (Wildman–Crippen LogP) is 1.01. The average Bonchev–Trinajstić information content (AvgIpc) is 2.45. The van der Waals surface area contributed by atoms with Crippen molar-refractivity contribution >= 4 is 0 Å². The number of benzene rings is 1. The van der Waals surface area contributed by atoms with E-state index in [2.05, 4.69) is 20.8 Å². The van der Waals surface area contributed by atoms with Gasteiger partial charge in [-0.05, 0) is 17.0 Å². The van der Waals surface area contributed by atoms with Crippen LogP contribution < -0.4 is 4.74 Å². The zero-order valence-electron chi connectivity index (χ0n) is 13.8. The lowest BCUT2D eigenvalue weighted by Crippen LogP contribution is -2.39. The number of hydrogen-bond acceptors (Lipinski definition) is 5. The highest BCUT2D eigenvalue weighted by atomic mass is 16.5. The van der Waals surface area contributed by atoms with Crippen LogP contribution in [-0.4, -0.2) is 65.8 Å². The smallest absolute Gasteiger partial charge is 0.123 e. The van der Waals surface area contributed by atoms with E-state index in [1.807, 2.05) is 29.2 Å². The number of rotatable bonds is 9. The van der Waals surface area contributed by atoms with Gasteiger partial charge in [0.2, 0.25) is 0 Å². The Hall–Kier alpha value is -1.14. The number of para-hydroxylation sites is 1. The van der Waals surface area contributed by atoms with E-state index in [0.717, 1.165) is 11.3 Å². The van der Waals surface area contributed by atoms with Crippen LogP contribution in [0.3, 0.4) is 0 Å². The van der Waals surface area contributed by atoms with Crippen LogP contribution >= 0.6 is 0 Å². The van der Waals surface area contributed by atoms with Gasteiger partial charge in [-0.15, -0.1) is 0 Å². The van der Waals surface area contributed by atoms with Gasteiger partial charge < -0.3 is 20.1 Å². The Morgan fingerprint density at radius 2 is 1.68 bits per heavy atom. The molecular weight excluding hydrogens is 282 g/mol. The highest BCUT2D eigenvalue weighted by molar-refractivity contribution is 5.38. The summed E-state index contributed by atoms with van der Waals surface area (Å²) in [5.74, 6) is 0.782. The van der Waals surface area contributed by atoms with E-state index >= 15 is 0 Å². The molecule has 0 radical (unpaired) electrons. The number of aliphatic hydroxyl groups is 3. The summed E-state index contributed by atoms with van der Waals surface area (Å²) in [6.45, 7) is 7.76. The number of hydrogen-bond donors (Lipinski definition) is 3. The van der Waals surface area contributed by atoms with Crippen molar-refractivity contribution in [3.63, 3.8) is 0 Å². The molecule has 0 fully saturated rings. The highest BCUT2D eigenvalue weighted by Crippen LogP contribution is 2.30. The lowest BCUT2D eigenvalue weighted by molar-refractivity contribution is 0.0547. The van der Waals surface area contributed by atoms with Gasteiger partial charge >= 0.3 is 0 Å². The molecule has 0 aliphatic heterocycles. The SMILES string of the molecule is CC(C)(C)c1ccccc1OC[C@H](O)CN(CCO)CCO. The van der Waals surface area contributed by atoms with E-state index in [1.165, 1.54) is 0 Å². The second kappa shape index (κ2) is 9.10. The standard InChI is InChI=1S/C17H29NO4/c1-17(2,3)15-6-4-5-7-16(15)22-13-14(21)12-18(8-10-19)9-11-20/h4-7,14,19-21H,8-13H2,1-3H3/t14-/m1/s1. The first kappa shape index (κ1) is 18.9. The molecule has 0 saturated heterocycles. The average molecular weight is 311 g/mol. The van der Waals surface area contributed by atoms with Crippen LogP contribution in [0, 0.1) is 0 Å². The molecule has 1 aromatic rings. The van der Waals surface area contributed by atoms with E-state index in [1.54, 1.807) is 0 Å². The molecule has 1 rings (SSSR count). The van der Waals surface area contributed by atoms with E-state index in [9.17, 15) is 5.11 Å². The third-order valence-electron chi connectivity index (χ3n) is 3.43.